The molecule has 2 aromatic carbocycles. The van der Waals surface area contributed by atoms with Crippen LogP contribution in [0, 0.1) is 15.9 Å². The minimum absolute atomic E-state index is 0.0860. The van der Waals surface area contributed by atoms with Gasteiger partial charge in [-0.2, -0.15) is 0 Å². The van der Waals surface area contributed by atoms with E-state index in [9.17, 15) is 14.5 Å². The Morgan fingerprint density at radius 1 is 1.29 bits per heavy atom. The van der Waals surface area contributed by atoms with Crippen molar-refractivity contribution in [2.24, 2.45) is 0 Å². The van der Waals surface area contributed by atoms with Gasteiger partial charge in [-0.05, 0) is 24.1 Å². The van der Waals surface area contributed by atoms with Gasteiger partial charge in [-0.3, -0.25) is 10.1 Å². The maximum Gasteiger partial charge on any atom is 0.311 e. The summed E-state index contributed by atoms with van der Waals surface area (Å²) in [4.78, 5) is 10.3. The molecule has 0 radical (unpaired) electrons. The van der Waals surface area contributed by atoms with Crippen molar-refractivity contribution < 1.29 is 14.1 Å². The van der Waals surface area contributed by atoms with E-state index >= 15 is 0 Å². The number of anilines is 1. The Hall–Kier alpha value is -2.63. The number of rotatable bonds is 6. The van der Waals surface area contributed by atoms with E-state index in [1.807, 2.05) is 0 Å². The van der Waals surface area contributed by atoms with Gasteiger partial charge in [0.15, 0.2) is 5.75 Å². The number of benzene rings is 2. The zero-order valence-electron chi connectivity index (χ0n) is 11.5. The number of hydrogen-bond donors (Lipinski definition) is 1. The third kappa shape index (κ3) is 3.68. The number of nitro groups is 1. The molecule has 6 heteroatoms. The topological polar surface area (TPSA) is 64.4 Å². The number of nitro benzene ring substituents is 1. The predicted molar refractivity (Wildman–Crippen MR) is 78.2 cm³/mol. The molecule has 0 amide bonds. The van der Waals surface area contributed by atoms with Crippen molar-refractivity contribution in [1.29, 1.82) is 0 Å². The zero-order chi connectivity index (χ0) is 15.2. The molecule has 1 N–H and O–H groups in total. The maximum atomic E-state index is 13.5. The minimum Gasteiger partial charge on any atom is -0.490 e. The maximum absolute atomic E-state index is 13.5. The molecule has 0 aromatic heterocycles. The molecule has 0 saturated carbocycles. The first-order chi connectivity index (χ1) is 10.1. The van der Waals surface area contributed by atoms with Gasteiger partial charge in [0.2, 0.25) is 0 Å². The highest BCUT2D eigenvalue weighted by Crippen LogP contribution is 2.29. The molecule has 0 aliphatic carbocycles. The molecule has 0 bridgehead atoms. The predicted octanol–water partition coefficient (Wildman–Crippen LogP) is 3.40. The van der Waals surface area contributed by atoms with E-state index in [2.05, 4.69) is 5.32 Å². The van der Waals surface area contributed by atoms with E-state index in [-0.39, 0.29) is 17.3 Å². The van der Waals surface area contributed by atoms with Gasteiger partial charge in [-0.15, -0.1) is 0 Å². The first kappa shape index (κ1) is 14.8. The number of ether oxygens (including phenoxy) is 1. The largest absolute Gasteiger partial charge is 0.490 e. The van der Waals surface area contributed by atoms with Gasteiger partial charge in [0, 0.05) is 24.4 Å². The average Bonchev–Trinajstić information content (AvgIpc) is 2.48. The molecule has 0 fully saturated rings. The summed E-state index contributed by atoms with van der Waals surface area (Å²) >= 11 is 0. The Morgan fingerprint density at radius 3 is 2.71 bits per heavy atom. The van der Waals surface area contributed by atoms with Gasteiger partial charge < -0.3 is 10.1 Å². The Labute approximate surface area is 121 Å². The van der Waals surface area contributed by atoms with Crippen LogP contribution in [0.15, 0.2) is 42.5 Å². The lowest BCUT2D eigenvalue weighted by atomic mass is 10.1. The SMILES string of the molecule is COc1cc(NCCc2ccccc2F)ccc1[N+](=O)[O-]. The summed E-state index contributed by atoms with van der Waals surface area (Å²) < 4.78 is 18.4. The van der Waals surface area contributed by atoms with E-state index in [0.717, 1.165) is 0 Å². The molecular formula is C15H15FN2O3. The van der Waals surface area contributed by atoms with Gasteiger partial charge in [0.1, 0.15) is 5.82 Å². The third-order valence-electron chi connectivity index (χ3n) is 3.06. The molecule has 0 heterocycles. The van der Waals surface area contributed by atoms with Crippen LogP contribution in [0.1, 0.15) is 5.56 Å². The zero-order valence-corrected chi connectivity index (χ0v) is 11.5. The summed E-state index contributed by atoms with van der Waals surface area (Å²) in [6.07, 6.45) is 0.520. The number of nitrogens with zero attached hydrogens (tertiary/aromatic N) is 1. The fourth-order valence-electron chi connectivity index (χ4n) is 1.98. The molecule has 0 atom stereocenters. The van der Waals surface area contributed by atoms with Crippen LogP contribution in [0.2, 0.25) is 0 Å². The van der Waals surface area contributed by atoms with Crippen molar-refractivity contribution in [3.63, 3.8) is 0 Å². The highest BCUT2D eigenvalue weighted by atomic mass is 19.1. The third-order valence-corrected chi connectivity index (χ3v) is 3.06. The fourth-order valence-corrected chi connectivity index (χ4v) is 1.98. The quantitative estimate of drug-likeness (QED) is 0.654. The standard InChI is InChI=1S/C15H15FN2O3/c1-21-15-10-12(6-7-14(15)18(19)20)17-9-8-11-4-2-3-5-13(11)16/h2-7,10,17H,8-9H2,1H3. The molecule has 21 heavy (non-hydrogen) atoms. The van der Waals surface area contributed by atoms with E-state index in [4.69, 9.17) is 4.74 Å². The van der Waals surface area contributed by atoms with Crippen LogP contribution in [0.25, 0.3) is 0 Å². The van der Waals surface area contributed by atoms with Crippen LogP contribution in [0.5, 0.6) is 5.75 Å². The molecule has 0 aliphatic heterocycles. The van der Waals surface area contributed by atoms with Crippen LogP contribution in [-0.2, 0) is 6.42 Å². The van der Waals surface area contributed by atoms with Crippen LogP contribution < -0.4 is 10.1 Å². The lowest BCUT2D eigenvalue weighted by molar-refractivity contribution is -0.385. The summed E-state index contributed by atoms with van der Waals surface area (Å²) in [5, 5.41) is 13.9. The van der Waals surface area contributed by atoms with Gasteiger partial charge in [-0.1, -0.05) is 18.2 Å². The van der Waals surface area contributed by atoms with Gasteiger partial charge in [-0.25, -0.2) is 4.39 Å². The number of nitrogens with one attached hydrogen (secondary N) is 1. The van der Waals surface area contributed by atoms with Gasteiger partial charge in [0.25, 0.3) is 0 Å². The van der Waals surface area contributed by atoms with Gasteiger partial charge in [0.05, 0.1) is 12.0 Å². The highest BCUT2D eigenvalue weighted by Gasteiger charge is 2.14. The van der Waals surface area contributed by atoms with Crippen LogP contribution in [0.3, 0.4) is 0 Å². The molecular weight excluding hydrogens is 275 g/mol. The summed E-state index contributed by atoms with van der Waals surface area (Å²) in [5.41, 5.74) is 1.23. The Balaban J connectivity index is 2.01. The van der Waals surface area contributed by atoms with Crippen molar-refractivity contribution >= 4 is 11.4 Å². The summed E-state index contributed by atoms with van der Waals surface area (Å²) in [7, 11) is 1.38. The van der Waals surface area contributed by atoms with Crippen molar-refractivity contribution in [2.75, 3.05) is 19.0 Å². The molecule has 2 rings (SSSR count). The molecule has 2 aromatic rings. The normalized spacial score (nSPS) is 10.2. The van der Waals surface area contributed by atoms with Crippen LogP contribution in [0.4, 0.5) is 15.8 Å². The van der Waals surface area contributed by atoms with Crippen molar-refractivity contribution in [1.82, 2.24) is 0 Å². The van der Waals surface area contributed by atoms with E-state index in [1.54, 1.807) is 30.3 Å². The number of hydrogen-bond acceptors (Lipinski definition) is 4. The van der Waals surface area contributed by atoms with E-state index in [1.165, 1.54) is 19.2 Å². The summed E-state index contributed by atoms with van der Waals surface area (Å²) in [6.45, 7) is 0.516. The van der Waals surface area contributed by atoms with Crippen LogP contribution >= 0.6 is 0 Å². The highest BCUT2D eigenvalue weighted by molar-refractivity contribution is 5.58. The first-order valence-corrected chi connectivity index (χ1v) is 6.41. The van der Waals surface area contributed by atoms with Crippen molar-refractivity contribution in [3.8, 4) is 5.75 Å². The molecule has 0 aliphatic rings. The second kappa shape index (κ2) is 6.69. The summed E-state index contributed by atoms with van der Waals surface area (Å²) in [5.74, 6) is -0.0449. The molecule has 5 nitrogen and oxygen atoms in total. The second-order valence-corrected chi connectivity index (χ2v) is 4.41. The van der Waals surface area contributed by atoms with E-state index < -0.39 is 4.92 Å². The monoisotopic (exact) mass is 290 g/mol. The van der Waals surface area contributed by atoms with Crippen LogP contribution in [-0.4, -0.2) is 18.6 Å². The number of halogens is 1. The second-order valence-electron chi connectivity index (χ2n) is 4.41. The minimum atomic E-state index is -0.498. The lowest BCUT2D eigenvalue weighted by Gasteiger charge is -2.09. The Morgan fingerprint density at radius 2 is 2.05 bits per heavy atom. The Bertz CT molecular complexity index is 647. The summed E-state index contributed by atoms with van der Waals surface area (Å²) in [6, 6.07) is 11.1. The molecule has 0 unspecified atom stereocenters. The fraction of sp³-hybridized carbons (Fsp3) is 0.200. The lowest BCUT2D eigenvalue weighted by Crippen LogP contribution is -2.06. The molecule has 110 valence electrons. The first-order valence-electron chi connectivity index (χ1n) is 6.41. The Kier molecular flexibility index (Phi) is 4.71. The number of methoxy groups -OCH3 is 1. The average molecular weight is 290 g/mol. The van der Waals surface area contributed by atoms with E-state index in [0.29, 0.717) is 24.2 Å². The van der Waals surface area contributed by atoms with Crippen molar-refractivity contribution in [3.05, 3.63) is 64.0 Å². The smallest absolute Gasteiger partial charge is 0.311 e. The van der Waals surface area contributed by atoms with Crippen molar-refractivity contribution in [2.45, 2.75) is 6.42 Å². The van der Waals surface area contributed by atoms with Gasteiger partial charge >= 0.3 is 5.69 Å². The molecule has 0 saturated heterocycles. The molecule has 0 spiro atoms.